The van der Waals surface area contributed by atoms with Crippen LogP contribution >= 0.6 is 11.3 Å². The van der Waals surface area contributed by atoms with Crippen LogP contribution in [0.2, 0.25) is 0 Å². The fourth-order valence-corrected chi connectivity index (χ4v) is 1.73. The monoisotopic (exact) mass is 225 g/mol. The van der Waals surface area contributed by atoms with Crippen LogP contribution in [-0.4, -0.2) is 11.2 Å². The number of hydrazine groups is 1. The number of thiazole rings is 1. The van der Waals surface area contributed by atoms with Gasteiger partial charge >= 0.3 is 6.18 Å². The van der Waals surface area contributed by atoms with Gasteiger partial charge in [0, 0.05) is 17.5 Å². The lowest BCUT2D eigenvalue weighted by atomic mass is 10.1. The molecular weight excluding hydrogens is 215 g/mol. The summed E-state index contributed by atoms with van der Waals surface area (Å²) in [6, 6.07) is -0.468. The lowest BCUT2D eigenvalue weighted by Gasteiger charge is -2.14. The summed E-state index contributed by atoms with van der Waals surface area (Å²) in [4.78, 5) is 4.50. The van der Waals surface area contributed by atoms with Gasteiger partial charge in [0.05, 0.1) is 11.6 Å². The third-order valence-corrected chi connectivity index (χ3v) is 2.60. The molecule has 0 saturated heterocycles. The van der Waals surface area contributed by atoms with E-state index < -0.39 is 18.6 Å². The molecule has 14 heavy (non-hydrogen) atoms. The van der Waals surface area contributed by atoms with Gasteiger partial charge in [-0.05, 0) is 6.42 Å². The standard InChI is InChI=1S/C7H10F3N3S/c8-7(9,10)2-1-5(13-11)6-3-12-4-14-6/h3-5,13H,1-2,11H2. The van der Waals surface area contributed by atoms with Crippen molar-refractivity contribution in [2.45, 2.75) is 25.1 Å². The van der Waals surface area contributed by atoms with E-state index in [1.54, 1.807) is 5.51 Å². The molecule has 0 aliphatic heterocycles. The summed E-state index contributed by atoms with van der Waals surface area (Å²) < 4.78 is 35.7. The summed E-state index contributed by atoms with van der Waals surface area (Å²) in [5, 5.41) is 0. The third-order valence-electron chi connectivity index (χ3n) is 1.71. The number of hydrogen-bond donors (Lipinski definition) is 2. The second-order valence-corrected chi connectivity index (χ2v) is 3.69. The molecular formula is C7H10F3N3S. The van der Waals surface area contributed by atoms with Crippen LogP contribution in [0.25, 0.3) is 0 Å². The molecule has 1 unspecified atom stereocenters. The van der Waals surface area contributed by atoms with Crippen molar-refractivity contribution in [3.63, 3.8) is 0 Å². The Hall–Kier alpha value is -0.660. The zero-order valence-corrected chi connectivity index (χ0v) is 8.03. The van der Waals surface area contributed by atoms with E-state index in [1.165, 1.54) is 17.5 Å². The minimum Gasteiger partial charge on any atom is -0.271 e. The molecule has 0 aliphatic carbocycles. The minimum absolute atomic E-state index is 0.0673. The maximum absolute atomic E-state index is 11.9. The molecule has 1 heterocycles. The Morgan fingerprint density at radius 3 is 2.71 bits per heavy atom. The molecule has 3 nitrogen and oxygen atoms in total. The predicted molar refractivity (Wildman–Crippen MR) is 47.5 cm³/mol. The average molecular weight is 225 g/mol. The van der Waals surface area contributed by atoms with Crippen molar-refractivity contribution in [1.82, 2.24) is 10.4 Å². The van der Waals surface area contributed by atoms with Crippen LogP contribution in [0.15, 0.2) is 11.7 Å². The Balaban J connectivity index is 2.49. The van der Waals surface area contributed by atoms with Gasteiger partial charge in [-0.2, -0.15) is 13.2 Å². The van der Waals surface area contributed by atoms with E-state index in [2.05, 4.69) is 10.4 Å². The maximum atomic E-state index is 11.9. The molecule has 0 fully saturated rings. The summed E-state index contributed by atoms with van der Waals surface area (Å²) in [6.45, 7) is 0. The molecule has 1 atom stereocenters. The highest BCUT2D eigenvalue weighted by atomic mass is 32.1. The van der Waals surface area contributed by atoms with Gasteiger partial charge in [0.15, 0.2) is 0 Å². The molecule has 0 amide bonds. The Morgan fingerprint density at radius 1 is 1.57 bits per heavy atom. The van der Waals surface area contributed by atoms with Crippen LogP contribution in [0.1, 0.15) is 23.8 Å². The molecule has 7 heteroatoms. The van der Waals surface area contributed by atoms with E-state index in [4.69, 9.17) is 5.84 Å². The first-order valence-electron chi connectivity index (χ1n) is 3.94. The number of alkyl halides is 3. The number of nitrogens with one attached hydrogen (secondary N) is 1. The average Bonchev–Trinajstić information content (AvgIpc) is 2.56. The number of rotatable bonds is 4. The molecule has 0 spiro atoms. The van der Waals surface area contributed by atoms with Crippen molar-refractivity contribution in [1.29, 1.82) is 0 Å². The lowest BCUT2D eigenvalue weighted by Crippen LogP contribution is -2.28. The lowest BCUT2D eigenvalue weighted by molar-refractivity contribution is -0.136. The van der Waals surface area contributed by atoms with Crippen LogP contribution in [0.4, 0.5) is 13.2 Å². The second-order valence-electron chi connectivity index (χ2n) is 2.78. The van der Waals surface area contributed by atoms with E-state index >= 15 is 0 Å². The van der Waals surface area contributed by atoms with Gasteiger partial charge in [0.1, 0.15) is 0 Å². The number of aromatic nitrogens is 1. The molecule has 0 aliphatic rings. The summed E-state index contributed by atoms with van der Waals surface area (Å²) in [6.07, 6.45) is -3.53. The van der Waals surface area contributed by atoms with Gasteiger partial charge in [0.25, 0.3) is 0 Å². The molecule has 0 bridgehead atoms. The van der Waals surface area contributed by atoms with Crippen molar-refractivity contribution < 1.29 is 13.2 Å². The fraction of sp³-hybridized carbons (Fsp3) is 0.571. The maximum Gasteiger partial charge on any atom is 0.389 e. The number of hydrogen-bond acceptors (Lipinski definition) is 4. The minimum atomic E-state index is -4.14. The van der Waals surface area contributed by atoms with Gasteiger partial charge in [-0.1, -0.05) is 0 Å². The van der Waals surface area contributed by atoms with Crippen molar-refractivity contribution in [3.8, 4) is 0 Å². The van der Waals surface area contributed by atoms with Crippen LogP contribution in [0.3, 0.4) is 0 Å². The van der Waals surface area contributed by atoms with Crippen LogP contribution in [-0.2, 0) is 0 Å². The topological polar surface area (TPSA) is 50.9 Å². The van der Waals surface area contributed by atoms with Crippen molar-refractivity contribution in [2.24, 2.45) is 5.84 Å². The highest BCUT2D eigenvalue weighted by Crippen LogP contribution is 2.28. The number of nitrogens with two attached hydrogens (primary N) is 1. The van der Waals surface area contributed by atoms with E-state index in [0.717, 1.165) is 4.88 Å². The summed E-state index contributed by atoms with van der Waals surface area (Å²) in [5.41, 5.74) is 3.91. The Kier molecular flexibility index (Phi) is 3.85. The number of nitrogens with zero attached hydrogens (tertiary/aromatic N) is 1. The normalized spacial score (nSPS) is 14.3. The quantitative estimate of drug-likeness (QED) is 0.608. The second kappa shape index (κ2) is 4.72. The predicted octanol–water partition coefficient (Wildman–Crippen LogP) is 1.99. The largest absolute Gasteiger partial charge is 0.389 e. The molecule has 1 aromatic rings. The molecule has 80 valence electrons. The van der Waals surface area contributed by atoms with Gasteiger partial charge < -0.3 is 0 Å². The zero-order chi connectivity index (χ0) is 10.6. The van der Waals surface area contributed by atoms with Gasteiger partial charge in [-0.15, -0.1) is 11.3 Å². The Bertz CT molecular complexity index is 260. The van der Waals surface area contributed by atoms with Crippen LogP contribution in [0.5, 0.6) is 0 Å². The molecule has 3 N–H and O–H groups in total. The highest BCUT2D eigenvalue weighted by molar-refractivity contribution is 7.09. The SMILES string of the molecule is NNC(CCC(F)(F)F)c1cncs1. The third kappa shape index (κ3) is 3.60. The number of halogens is 3. The van der Waals surface area contributed by atoms with E-state index in [1.807, 2.05) is 0 Å². The smallest absolute Gasteiger partial charge is 0.271 e. The van der Waals surface area contributed by atoms with Crippen molar-refractivity contribution in [3.05, 3.63) is 16.6 Å². The molecule has 1 aromatic heterocycles. The highest BCUT2D eigenvalue weighted by Gasteiger charge is 2.28. The van der Waals surface area contributed by atoms with Crippen LogP contribution in [0, 0.1) is 0 Å². The first kappa shape index (κ1) is 11.4. The summed E-state index contributed by atoms with van der Waals surface area (Å²) >= 11 is 1.29. The molecule has 0 saturated carbocycles. The van der Waals surface area contributed by atoms with E-state index in [-0.39, 0.29) is 6.42 Å². The first-order valence-corrected chi connectivity index (χ1v) is 4.82. The van der Waals surface area contributed by atoms with Crippen molar-refractivity contribution in [2.75, 3.05) is 0 Å². The molecule has 0 aromatic carbocycles. The summed E-state index contributed by atoms with van der Waals surface area (Å²) in [7, 11) is 0. The Morgan fingerprint density at radius 2 is 2.29 bits per heavy atom. The fourth-order valence-electron chi connectivity index (χ4n) is 1.01. The van der Waals surface area contributed by atoms with Gasteiger partial charge in [0.2, 0.25) is 0 Å². The van der Waals surface area contributed by atoms with E-state index in [0.29, 0.717) is 0 Å². The van der Waals surface area contributed by atoms with Gasteiger partial charge in [-0.3, -0.25) is 16.3 Å². The van der Waals surface area contributed by atoms with E-state index in [9.17, 15) is 13.2 Å². The first-order chi connectivity index (χ1) is 6.53. The summed E-state index contributed by atoms with van der Waals surface area (Å²) in [5.74, 6) is 5.15. The molecule has 1 rings (SSSR count). The van der Waals surface area contributed by atoms with Crippen molar-refractivity contribution >= 4 is 11.3 Å². The molecule has 0 radical (unpaired) electrons. The zero-order valence-electron chi connectivity index (χ0n) is 7.21. The van der Waals surface area contributed by atoms with Crippen LogP contribution < -0.4 is 11.3 Å². The van der Waals surface area contributed by atoms with Gasteiger partial charge in [-0.25, -0.2) is 0 Å². The Labute approximate surface area is 83.1 Å².